The molecule has 0 aliphatic carbocycles. The third kappa shape index (κ3) is 4.68. The summed E-state index contributed by atoms with van der Waals surface area (Å²) in [5.74, 6) is -0.644. The number of halogens is 3. The fourth-order valence-corrected chi connectivity index (χ4v) is 6.49. The predicted octanol–water partition coefficient (Wildman–Crippen LogP) is 3.84. The van der Waals surface area contributed by atoms with Gasteiger partial charge in [0.25, 0.3) is 0 Å². The van der Waals surface area contributed by atoms with Crippen molar-refractivity contribution in [2.75, 3.05) is 24.5 Å². The Labute approximate surface area is 192 Å². The van der Waals surface area contributed by atoms with E-state index in [-0.39, 0.29) is 31.0 Å². The Morgan fingerprint density at radius 1 is 1.24 bits per heavy atom. The van der Waals surface area contributed by atoms with Crippen LogP contribution in [0, 0.1) is 0 Å². The van der Waals surface area contributed by atoms with Crippen molar-refractivity contribution in [3.05, 3.63) is 53.0 Å². The third-order valence-electron chi connectivity index (χ3n) is 5.54. The summed E-state index contributed by atoms with van der Waals surface area (Å²) < 4.78 is 67.2. The van der Waals surface area contributed by atoms with Gasteiger partial charge in [0.05, 0.1) is 16.9 Å². The first-order chi connectivity index (χ1) is 15.5. The third-order valence-corrected chi connectivity index (χ3v) is 8.56. The molecule has 1 aliphatic rings. The van der Waals surface area contributed by atoms with Crippen molar-refractivity contribution in [2.45, 2.75) is 30.5 Å². The number of piperazine rings is 1. The molecule has 0 saturated carbocycles. The second-order valence-electron chi connectivity index (χ2n) is 7.80. The molecule has 1 atom stereocenters. The maximum atomic E-state index is 13.3. The first-order valence-electron chi connectivity index (χ1n) is 9.99. The lowest BCUT2D eigenvalue weighted by Crippen LogP contribution is -2.54. The van der Waals surface area contributed by atoms with Crippen molar-refractivity contribution < 1.29 is 31.5 Å². The molecule has 1 N–H and O–H groups in total. The smallest absolute Gasteiger partial charge is 0.417 e. The molecule has 12 heteroatoms. The lowest BCUT2D eigenvalue weighted by Gasteiger charge is -2.39. The Hall–Kier alpha value is -2.70. The van der Waals surface area contributed by atoms with E-state index in [1.54, 1.807) is 23.3 Å². The van der Waals surface area contributed by atoms with Crippen molar-refractivity contribution in [3.63, 3.8) is 0 Å². The highest BCUT2D eigenvalue weighted by Crippen LogP contribution is 2.32. The Morgan fingerprint density at radius 3 is 2.61 bits per heavy atom. The fraction of sp³-hybridized carbons (Fsp3) is 0.333. The number of aromatic nitrogens is 1. The number of carboxylic acid groups (broad SMARTS) is 1. The molecular formula is C21H20F3N3O4S2. The van der Waals surface area contributed by atoms with E-state index in [0.29, 0.717) is 16.8 Å². The van der Waals surface area contributed by atoms with Crippen LogP contribution in [0.25, 0.3) is 10.1 Å². The first-order valence-corrected chi connectivity index (χ1v) is 12.3. The number of sulfonamides is 1. The van der Waals surface area contributed by atoms with Crippen LogP contribution in [0.3, 0.4) is 0 Å². The molecule has 33 heavy (non-hydrogen) atoms. The van der Waals surface area contributed by atoms with Crippen LogP contribution >= 0.6 is 11.3 Å². The average molecular weight is 500 g/mol. The van der Waals surface area contributed by atoms with Gasteiger partial charge in [-0.05, 0) is 53.6 Å². The van der Waals surface area contributed by atoms with Crippen LogP contribution in [0.15, 0.2) is 46.8 Å². The summed E-state index contributed by atoms with van der Waals surface area (Å²) in [7, 11) is -3.86. The van der Waals surface area contributed by atoms with Crippen LogP contribution in [0.2, 0.25) is 0 Å². The maximum Gasteiger partial charge on any atom is 0.417 e. The van der Waals surface area contributed by atoms with Crippen LogP contribution in [-0.4, -0.2) is 54.5 Å². The Balaban J connectivity index is 1.54. The quantitative estimate of drug-likeness (QED) is 0.574. The number of pyridine rings is 1. The molecule has 0 amide bonds. The van der Waals surface area contributed by atoms with Gasteiger partial charge in [0.15, 0.2) is 0 Å². The number of hydrogen-bond acceptors (Lipinski definition) is 6. The van der Waals surface area contributed by atoms with E-state index >= 15 is 0 Å². The van der Waals surface area contributed by atoms with Crippen LogP contribution in [-0.2, 0) is 27.4 Å². The van der Waals surface area contributed by atoms with E-state index in [0.717, 1.165) is 17.0 Å². The summed E-state index contributed by atoms with van der Waals surface area (Å²) in [5, 5.41) is 11.4. The van der Waals surface area contributed by atoms with Crippen molar-refractivity contribution >= 4 is 43.2 Å². The summed E-state index contributed by atoms with van der Waals surface area (Å²) in [6.07, 6.45) is -3.90. The van der Waals surface area contributed by atoms with Gasteiger partial charge in [0, 0.05) is 36.6 Å². The number of hydrogen-bond donors (Lipinski definition) is 1. The lowest BCUT2D eigenvalue weighted by atomic mass is 10.1. The maximum absolute atomic E-state index is 13.3. The second kappa shape index (κ2) is 8.58. The van der Waals surface area contributed by atoms with Gasteiger partial charge in [-0.2, -0.15) is 17.5 Å². The van der Waals surface area contributed by atoms with Gasteiger partial charge in [-0.3, -0.25) is 4.79 Å². The monoisotopic (exact) mass is 499 g/mol. The SMILES string of the molecule is CC1CN(c2ccc(C(F)(F)F)cn2)CCN1S(=O)(=O)c1ccc2scc(CC(=O)O)c2c1. The number of carbonyl (C=O) groups is 1. The van der Waals surface area contributed by atoms with E-state index in [1.807, 2.05) is 0 Å². The Kier molecular flexibility index (Phi) is 6.10. The molecule has 0 spiro atoms. The largest absolute Gasteiger partial charge is 0.481 e. The van der Waals surface area contributed by atoms with Gasteiger partial charge in [-0.1, -0.05) is 0 Å². The topological polar surface area (TPSA) is 90.8 Å². The van der Waals surface area contributed by atoms with Gasteiger partial charge in [0.1, 0.15) is 5.82 Å². The molecule has 176 valence electrons. The van der Waals surface area contributed by atoms with Crippen LogP contribution in [0.5, 0.6) is 0 Å². The molecule has 1 fully saturated rings. The molecule has 0 radical (unpaired) electrons. The van der Waals surface area contributed by atoms with E-state index in [2.05, 4.69) is 4.98 Å². The van der Waals surface area contributed by atoms with Crippen LogP contribution < -0.4 is 4.90 Å². The summed E-state index contributed by atoms with van der Waals surface area (Å²) in [5.41, 5.74) is -0.280. The van der Waals surface area contributed by atoms with E-state index < -0.39 is 33.8 Å². The highest BCUT2D eigenvalue weighted by molar-refractivity contribution is 7.89. The zero-order valence-electron chi connectivity index (χ0n) is 17.4. The summed E-state index contributed by atoms with van der Waals surface area (Å²) in [6, 6.07) is 6.48. The van der Waals surface area contributed by atoms with Gasteiger partial charge >= 0.3 is 12.1 Å². The van der Waals surface area contributed by atoms with E-state index in [9.17, 15) is 26.4 Å². The average Bonchev–Trinajstić information content (AvgIpc) is 3.14. The van der Waals surface area contributed by atoms with E-state index in [4.69, 9.17) is 5.11 Å². The molecule has 3 heterocycles. The highest BCUT2D eigenvalue weighted by atomic mass is 32.2. The molecular weight excluding hydrogens is 479 g/mol. The number of anilines is 1. The number of fused-ring (bicyclic) bond motifs is 1. The standard InChI is InChI=1S/C21H20F3N3O4S2/c1-13-11-26(19-5-2-15(10-25-19)21(22,23)24)6-7-27(13)33(30,31)16-3-4-18-17(9-16)14(12-32-18)8-20(28)29/h2-5,9-10,12-13H,6-8,11H2,1H3,(H,28,29). The first kappa shape index (κ1) is 23.5. The number of nitrogens with zero attached hydrogens (tertiary/aromatic N) is 3. The number of aliphatic carboxylic acids is 1. The van der Waals surface area contributed by atoms with E-state index in [1.165, 1.54) is 33.8 Å². The number of carboxylic acids is 1. The number of rotatable bonds is 5. The number of thiophene rings is 1. The summed E-state index contributed by atoms with van der Waals surface area (Å²) in [4.78, 5) is 16.8. The Bertz CT molecular complexity index is 1290. The minimum atomic E-state index is -4.47. The molecule has 1 aromatic carbocycles. The van der Waals surface area contributed by atoms with Crippen molar-refractivity contribution in [1.82, 2.24) is 9.29 Å². The van der Waals surface area contributed by atoms with Crippen molar-refractivity contribution in [2.24, 2.45) is 0 Å². The summed E-state index contributed by atoms with van der Waals surface area (Å²) >= 11 is 1.36. The van der Waals surface area contributed by atoms with Gasteiger partial charge in [0.2, 0.25) is 10.0 Å². The molecule has 1 aliphatic heterocycles. The number of alkyl halides is 3. The molecule has 1 saturated heterocycles. The molecule has 4 rings (SSSR count). The lowest BCUT2D eigenvalue weighted by molar-refractivity contribution is -0.138. The molecule has 7 nitrogen and oxygen atoms in total. The van der Waals surface area contributed by atoms with Crippen LogP contribution in [0.4, 0.5) is 19.0 Å². The minimum Gasteiger partial charge on any atom is -0.481 e. The second-order valence-corrected chi connectivity index (χ2v) is 10.6. The molecule has 1 unspecified atom stereocenters. The molecule has 2 aromatic heterocycles. The highest BCUT2D eigenvalue weighted by Gasteiger charge is 2.35. The van der Waals surface area contributed by atoms with Gasteiger partial charge in [-0.15, -0.1) is 11.3 Å². The molecule has 0 bridgehead atoms. The minimum absolute atomic E-state index is 0.0768. The fourth-order valence-electron chi connectivity index (χ4n) is 3.90. The van der Waals surface area contributed by atoms with Crippen molar-refractivity contribution in [3.8, 4) is 0 Å². The predicted molar refractivity (Wildman–Crippen MR) is 118 cm³/mol. The zero-order valence-corrected chi connectivity index (χ0v) is 19.0. The Morgan fingerprint density at radius 2 is 2.00 bits per heavy atom. The number of benzene rings is 1. The summed E-state index contributed by atoms with van der Waals surface area (Å²) in [6.45, 7) is 2.40. The van der Waals surface area contributed by atoms with Gasteiger partial charge in [-0.25, -0.2) is 13.4 Å². The van der Waals surface area contributed by atoms with Crippen LogP contribution in [0.1, 0.15) is 18.1 Å². The van der Waals surface area contributed by atoms with Crippen molar-refractivity contribution in [1.29, 1.82) is 0 Å². The normalized spacial score (nSPS) is 18.1. The van der Waals surface area contributed by atoms with Gasteiger partial charge < -0.3 is 10.0 Å². The molecule has 3 aromatic rings. The zero-order chi connectivity index (χ0) is 24.0.